The summed E-state index contributed by atoms with van der Waals surface area (Å²) in [5.74, 6) is 0. The van der Waals surface area contributed by atoms with Crippen LogP contribution in [-0.2, 0) is 4.74 Å². The molecule has 0 atom stereocenters. The van der Waals surface area contributed by atoms with Crippen LogP contribution in [0.15, 0.2) is 0 Å². The number of hydrogen-bond acceptors (Lipinski definition) is 3. The van der Waals surface area contributed by atoms with Crippen molar-refractivity contribution in [3.05, 3.63) is 0 Å². The molecule has 0 bridgehead atoms. The first-order chi connectivity index (χ1) is 6.18. The van der Waals surface area contributed by atoms with Gasteiger partial charge in [0.2, 0.25) is 0 Å². The van der Waals surface area contributed by atoms with Crippen LogP contribution in [0.5, 0.6) is 0 Å². The Morgan fingerprint density at radius 1 is 1.31 bits per heavy atom. The molecule has 13 heavy (non-hydrogen) atoms. The summed E-state index contributed by atoms with van der Waals surface area (Å²) in [6.07, 6.45) is 3.48. The topological polar surface area (TPSA) is 38.5 Å². The van der Waals surface area contributed by atoms with E-state index in [4.69, 9.17) is 10.5 Å². The second-order valence-corrected chi connectivity index (χ2v) is 4.37. The third-order valence-corrected chi connectivity index (χ3v) is 3.08. The van der Waals surface area contributed by atoms with Gasteiger partial charge in [-0.05, 0) is 51.9 Å². The highest BCUT2D eigenvalue weighted by molar-refractivity contribution is 4.83. The number of ether oxygens (including phenoxy) is 1. The van der Waals surface area contributed by atoms with E-state index >= 15 is 0 Å². The summed E-state index contributed by atoms with van der Waals surface area (Å²) in [5, 5.41) is 0. The molecule has 0 amide bonds. The molecule has 0 radical (unpaired) electrons. The SMILES string of the molecule is CN(C)CCC1(CN)CCOCC1. The highest BCUT2D eigenvalue weighted by Gasteiger charge is 2.30. The molecule has 0 unspecified atom stereocenters. The molecule has 3 nitrogen and oxygen atoms in total. The molecule has 1 fully saturated rings. The molecule has 0 aromatic rings. The zero-order valence-electron chi connectivity index (χ0n) is 8.88. The van der Waals surface area contributed by atoms with E-state index < -0.39 is 0 Å². The van der Waals surface area contributed by atoms with Crippen molar-refractivity contribution < 1.29 is 4.74 Å². The van der Waals surface area contributed by atoms with Gasteiger partial charge < -0.3 is 15.4 Å². The van der Waals surface area contributed by atoms with E-state index in [0.717, 1.165) is 39.1 Å². The molecule has 1 heterocycles. The van der Waals surface area contributed by atoms with Crippen molar-refractivity contribution >= 4 is 0 Å². The Bertz CT molecular complexity index is 142. The number of nitrogens with zero attached hydrogens (tertiary/aromatic N) is 1. The Morgan fingerprint density at radius 2 is 1.92 bits per heavy atom. The maximum atomic E-state index is 5.85. The van der Waals surface area contributed by atoms with Crippen LogP contribution in [0.2, 0.25) is 0 Å². The highest BCUT2D eigenvalue weighted by atomic mass is 16.5. The van der Waals surface area contributed by atoms with Gasteiger partial charge in [-0.2, -0.15) is 0 Å². The number of rotatable bonds is 4. The molecule has 1 rings (SSSR count). The van der Waals surface area contributed by atoms with E-state index in [2.05, 4.69) is 19.0 Å². The molecule has 0 saturated carbocycles. The van der Waals surface area contributed by atoms with Crippen LogP contribution in [0.3, 0.4) is 0 Å². The van der Waals surface area contributed by atoms with E-state index in [1.54, 1.807) is 0 Å². The summed E-state index contributed by atoms with van der Waals surface area (Å²) in [4.78, 5) is 2.23. The summed E-state index contributed by atoms with van der Waals surface area (Å²) < 4.78 is 5.36. The molecule has 3 heteroatoms. The van der Waals surface area contributed by atoms with Crippen LogP contribution >= 0.6 is 0 Å². The minimum atomic E-state index is 0.364. The fourth-order valence-electron chi connectivity index (χ4n) is 1.82. The van der Waals surface area contributed by atoms with Gasteiger partial charge in [-0.1, -0.05) is 0 Å². The van der Waals surface area contributed by atoms with E-state index in [-0.39, 0.29) is 0 Å². The lowest BCUT2D eigenvalue weighted by atomic mass is 9.77. The Kier molecular flexibility index (Phi) is 4.16. The van der Waals surface area contributed by atoms with Crippen molar-refractivity contribution in [1.29, 1.82) is 0 Å². The average molecular weight is 186 g/mol. The highest BCUT2D eigenvalue weighted by Crippen LogP contribution is 2.32. The maximum absolute atomic E-state index is 5.85. The fourth-order valence-corrected chi connectivity index (χ4v) is 1.82. The molecular weight excluding hydrogens is 164 g/mol. The van der Waals surface area contributed by atoms with Crippen LogP contribution in [0, 0.1) is 5.41 Å². The van der Waals surface area contributed by atoms with Crippen molar-refractivity contribution in [2.45, 2.75) is 19.3 Å². The van der Waals surface area contributed by atoms with E-state index in [9.17, 15) is 0 Å². The quantitative estimate of drug-likeness (QED) is 0.702. The Balaban J connectivity index is 2.38. The summed E-state index contributed by atoms with van der Waals surface area (Å²) >= 11 is 0. The van der Waals surface area contributed by atoms with Crippen LogP contribution in [0.4, 0.5) is 0 Å². The van der Waals surface area contributed by atoms with Gasteiger partial charge in [0.25, 0.3) is 0 Å². The second-order valence-electron chi connectivity index (χ2n) is 4.37. The van der Waals surface area contributed by atoms with Gasteiger partial charge in [0.1, 0.15) is 0 Å². The molecule has 2 N–H and O–H groups in total. The van der Waals surface area contributed by atoms with E-state index in [0.29, 0.717) is 5.41 Å². The molecule has 0 aliphatic carbocycles. The summed E-state index contributed by atoms with van der Waals surface area (Å²) in [5.41, 5.74) is 6.21. The average Bonchev–Trinajstić information content (AvgIpc) is 2.16. The molecule has 1 saturated heterocycles. The first-order valence-electron chi connectivity index (χ1n) is 5.11. The van der Waals surface area contributed by atoms with Crippen molar-refractivity contribution in [3.63, 3.8) is 0 Å². The molecule has 0 spiro atoms. The second kappa shape index (κ2) is 4.94. The van der Waals surface area contributed by atoms with Gasteiger partial charge in [-0.3, -0.25) is 0 Å². The lowest BCUT2D eigenvalue weighted by Crippen LogP contribution is -2.38. The fraction of sp³-hybridized carbons (Fsp3) is 1.00. The predicted octanol–water partition coefficient (Wildman–Crippen LogP) is 0.694. The maximum Gasteiger partial charge on any atom is 0.0471 e. The molecule has 0 aromatic heterocycles. The van der Waals surface area contributed by atoms with E-state index in [1.807, 2.05) is 0 Å². The standard InChI is InChI=1S/C10H22N2O/c1-12(2)6-3-10(9-11)4-7-13-8-5-10/h3-9,11H2,1-2H3. The summed E-state index contributed by atoms with van der Waals surface area (Å²) in [7, 11) is 4.23. The minimum Gasteiger partial charge on any atom is -0.381 e. The third-order valence-electron chi connectivity index (χ3n) is 3.08. The molecule has 78 valence electrons. The first-order valence-corrected chi connectivity index (χ1v) is 5.11. The molecule has 0 aromatic carbocycles. The van der Waals surface area contributed by atoms with Crippen LogP contribution in [-0.4, -0.2) is 45.3 Å². The van der Waals surface area contributed by atoms with Gasteiger partial charge in [0, 0.05) is 13.2 Å². The van der Waals surface area contributed by atoms with Crippen molar-refractivity contribution in [3.8, 4) is 0 Å². The Labute approximate surface area is 81.2 Å². The molecule has 1 aliphatic heterocycles. The normalized spacial score (nSPS) is 22.2. The third kappa shape index (κ3) is 3.25. The Morgan fingerprint density at radius 3 is 2.38 bits per heavy atom. The summed E-state index contributed by atoms with van der Waals surface area (Å²) in [6.45, 7) is 3.73. The van der Waals surface area contributed by atoms with Crippen LogP contribution in [0.1, 0.15) is 19.3 Å². The van der Waals surface area contributed by atoms with Crippen LogP contribution in [0.25, 0.3) is 0 Å². The van der Waals surface area contributed by atoms with Gasteiger partial charge in [0.15, 0.2) is 0 Å². The van der Waals surface area contributed by atoms with E-state index in [1.165, 1.54) is 6.42 Å². The summed E-state index contributed by atoms with van der Waals surface area (Å²) in [6, 6.07) is 0. The lowest BCUT2D eigenvalue weighted by Gasteiger charge is -2.36. The molecule has 1 aliphatic rings. The monoisotopic (exact) mass is 186 g/mol. The Hall–Kier alpha value is -0.120. The number of nitrogens with two attached hydrogens (primary N) is 1. The predicted molar refractivity (Wildman–Crippen MR) is 54.7 cm³/mol. The van der Waals surface area contributed by atoms with Crippen molar-refractivity contribution in [2.24, 2.45) is 11.1 Å². The van der Waals surface area contributed by atoms with Gasteiger partial charge in [-0.25, -0.2) is 0 Å². The van der Waals surface area contributed by atoms with Gasteiger partial charge in [-0.15, -0.1) is 0 Å². The van der Waals surface area contributed by atoms with Crippen molar-refractivity contribution in [2.75, 3.05) is 40.4 Å². The zero-order valence-corrected chi connectivity index (χ0v) is 8.88. The van der Waals surface area contributed by atoms with Crippen LogP contribution < -0.4 is 5.73 Å². The van der Waals surface area contributed by atoms with Gasteiger partial charge >= 0.3 is 0 Å². The lowest BCUT2D eigenvalue weighted by molar-refractivity contribution is 0.0117. The largest absolute Gasteiger partial charge is 0.381 e. The number of hydrogen-bond donors (Lipinski definition) is 1. The first kappa shape index (κ1) is 11.0. The smallest absolute Gasteiger partial charge is 0.0471 e. The zero-order chi connectivity index (χ0) is 9.73. The van der Waals surface area contributed by atoms with Crippen molar-refractivity contribution in [1.82, 2.24) is 4.90 Å². The van der Waals surface area contributed by atoms with Gasteiger partial charge in [0.05, 0.1) is 0 Å². The minimum absolute atomic E-state index is 0.364. The molecular formula is C10H22N2O.